The monoisotopic (exact) mass is 208 g/mol. The van der Waals surface area contributed by atoms with Crippen molar-refractivity contribution in [3.05, 3.63) is 39.9 Å². The summed E-state index contributed by atoms with van der Waals surface area (Å²) >= 11 is 5.77. The molecule has 0 aromatic carbocycles. The van der Waals surface area contributed by atoms with Gasteiger partial charge in [0.15, 0.2) is 0 Å². The van der Waals surface area contributed by atoms with Crippen LogP contribution in [0.25, 0.3) is 10.9 Å². The lowest BCUT2D eigenvalue weighted by Crippen LogP contribution is -2.17. The Morgan fingerprint density at radius 3 is 3.00 bits per heavy atom. The number of aromatic nitrogens is 2. The number of fused-ring (bicyclic) bond motifs is 1. The maximum atomic E-state index is 11.5. The van der Waals surface area contributed by atoms with Gasteiger partial charge in [-0.3, -0.25) is 4.79 Å². The average molecular weight is 209 g/mol. The standard InChI is InChI=1S/C10H9ClN2O/c1-2-13-8-5-9(11)12-6-7(8)3-4-10(13)14/h3-6H,2H2,1H3. The Kier molecular flexibility index (Phi) is 2.25. The third kappa shape index (κ3) is 1.40. The molecule has 0 saturated heterocycles. The molecule has 2 heterocycles. The van der Waals surface area contributed by atoms with Crippen molar-refractivity contribution in [3.63, 3.8) is 0 Å². The van der Waals surface area contributed by atoms with Gasteiger partial charge in [0.2, 0.25) is 0 Å². The Hall–Kier alpha value is -1.35. The van der Waals surface area contributed by atoms with Gasteiger partial charge in [0.1, 0.15) is 5.15 Å². The molecule has 0 spiro atoms. The summed E-state index contributed by atoms with van der Waals surface area (Å²) in [5.41, 5.74) is 0.822. The summed E-state index contributed by atoms with van der Waals surface area (Å²) in [7, 11) is 0. The molecule has 0 unspecified atom stereocenters. The lowest BCUT2D eigenvalue weighted by Gasteiger charge is -2.06. The molecule has 4 heteroatoms. The van der Waals surface area contributed by atoms with E-state index in [2.05, 4.69) is 4.98 Å². The lowest BCUT2D eigenvalue weighted by molar-refractivity contribution is 0.759. The molecule has 0 fully saturated rings. The van der Waals surface area contributed by atoms with E-state index in [1.54, 1.807) is 29.0 Å². The summed E-state index contributed by atoms with van der Waals surface area (Å²) < 4.78 is 1.67. The Morgan fingerprint density at radius 2 is 2.29 bits per heavy atom. The number of halogens is 1. The second-order valence-electron chi connectivity index (χ2n) is 2.98. The van der Waals surface area contributed by atoms with Crippen LogP contribution >= 0.6 is 11.6 Å². The Labute approximate surface area is 86.0 Å². The first kappa shape index (κ1) is 9.21. The van der Waals surface area contributed by atoms with E-state index in [-0.39, 0.29) is 5.56 Å². The van der Waals surface area contributed by atoms with Crippen LogP contribution in [0.2, 0.25) is 5.15 Å². The molecule has 2 aromatic heterocycles. The first-order chi connectivity index (χ1) is 6.72. The van der Waals surface area contributed by atoms with Crippen molar-refractivity contribution in [3.8, 4) is 0 Å². The van der Waals surface area contributed by atoms with E-state index >= 15 is 0 Å². The SMILES string of the molecule is CCn1c(=O)ccc2cnc(Cl)cc21. The fourth-order valence-electron chi connectivity index (χ4n) is 1.49. The highest BCUT2D eigenvalue weighted by Crippen LogP contribution is 2.14. The second-order valence-corrected chi connectivity index (χ2v) is 3.37. The minimum atomic E-state index is -0.0118. The van der Waals surface area contributed by atoms with Crippen LogP contribution in [0.5, 0.6) is 0 Å². The first-order valence-corrected chi connectivity index (χ1v) is 4.75. The molecule has 0 amide bonds. The third-order valence-electron chi connectivity index (χ3n) is 2.16. The molecule has 0 atom stereocenters. The van der Waals surface area contributed by atoms with Crippen molar-refractivity contribution in [2.75, 3.05) is 0 Å². The summed E-state index contributed by atoms with van der Waals surface area (Å²) in [6, 6.07) is 5.01. The molecule has 0 aliphatic heterocycles. The molecule has 0 aliphatic rings. The van der Waals surface area contributed by atoms with Gasteiger partial charge in [-0.2, -0.15) is 0 Å². The van der Waals surface area contributed by atoms with E-state index in [0.717, 1.165) is 10.9 Å². The molecule has 72 valence electrons. The molecule has 0 N–H and O–H groups in total. The quantitative estimate of drug-likeness (QED) is 0.673. The highest BCUT2D eigenvalue weighted by molar-refractivity contribution is 6.29. The number of aryl methyl sites for hydroxylation is 1. The minimum Gasteiger partial charge on any atom is -0.308 e. The summed E-state index contributed by atoms with van der Waals surface area (Å²) in [4.78, 5) is 15.4. The largest absolute Gasteiger partial charge is 0.308 e. The average Bonchev–Trinajstić information content (AvgIpc) is 2.17. The zero-order valence-corrected chi connectivity index (χ0v) is 8.45. The van der Waals surface area contributed by atoms with Crippen LogP contribution in [0.4, 0.5) is 0 Å². The zero-order valence-electron chi connectivity index (χ0n) is 7.70. The molecular formula is C10H9ClN2O. The number of nitrogens with zero attached hydrogens (tertiary/aromatic N) is 2. The van der Waals surface area contributed by atoms with Crippen LogP contribution < -0.4 is 5.56 Å². The minimum absolute atomic E-state index is 0.0118. The number of rotatable bonds is 1. The van der Waals surface area contributed by atoms with Crippen molar-refractivity contribution in [1.82, 2.24) is 9.55 Å². The van der Waals surface area contributed by atoms with Gasteiger partial charge in [-0.05, 0) is 19.1 Å². The summed E-state index contributed by atoms with van der Waals surface area (Å²) in [5, 5.41) is 1.33. The van der Waals surface area contributed by atoms with Crippen molar-refractivity contribution < 1.29 is 0 Å². The Balaban J connectivity index is 2.91. The van der Waals surface area contributed by atoms with Crippen LogP contribution in [0.3, 0.4) is 0 Å². The van der Waals surface area contributed by atoms with E-state index in [9.17, 15) is 4.79 Å². The fourth-order valence-corrected chi connectivity index (χ4v) is 1.64. The van der Waals surface area contributed by atoms with Crippen LogP contribution in [-0.4, -0.2) is 9.55 Å². The van der Waals surface area contributed by atoms with Gasteiger partial charge in [0, 0.05) is 24.2 Å². The number of hydrogen-bond donors (Lipinski definition) is 0. The van der Waals surface area contributed by atoms with Gasteiger partial charge in [0.25, 0.3) is 5.56 Å². The predicted octanol–water partition coefficient (Wildman–Crippen LogP) is 2.07. The molecule has 0 radical (unpaired) electrons. The zero-order chi connectivity index (χ0) is 10.1. The van der Waals surface area contributed by atoms with Gasteiger partial charge in [0.05, 0.1) is 5.52 Å². The van der Waals surface area contributed by atoms with Gasteiger partial charge < -0.3 is 4.57 Å². The van der Waals surface area contributed by atoms with E-state index < -0.39 is 0 Å². The van der Waals surface area contributed by atoms with E-state index in [0.29, 0.717) is 11.7 Å². The molecular weight excluding hydrogens is 200 g/mol. The van der Waals surface area contributed by atoms with Crippen LogP contribution in [0.1, 0.15) is 6.92 Å². The summed E-state index contributed by atoms with van der Waals surface area (Å²) in [6.07, 6.45) is 1.67. The summed E-state index contributed by atoms with van der Waals surface area (Å²) in [5.74, 6) is 0. The van der Waals surface area contributed by atoms with Crippen LogP contribution in [0.15, 0.2) is 29.2 Å². The maximum absolute atomic E-state index is 11.5. The van der Waals surface area contributed by atoms with E-state index in [4.69, 9.17) is 11.6 Å². The van der Waals surface area contributed by atoms with Crippen molar-refractivity contribution >= 4 is 22.5 Å². The number of pyridine rings is 2. The lowest BCUT2D eigenvalue weighted by atomic mass is 10.2. The van der Waals surface area contributed by atoms with Gasteiger partial charge in [-0.15, -0.1) is 0 Å². The predicted molar refractivity (Wildman–Crippen MR) is 56.7 cm³/mol. The fraction of sp³-hybridized carbons (Fsp3) is 0.200. The van der Waals surface area contributed by atoms with Crippen LogP contribution in [-0.2, 0) is 6.54 Å². The third-order valence-corrected chi connectivity index (χ3v) is 2.36. The first-order valence-electron chi connectivity index (χ1n) is 4.37. The molecule has 2 rings (SSSR count). The smallest absolute Gasteiger partial charge is 0.251 e. The molecule has 2 aromatic rings. The molecule has 0 aliphatic carbocycles. The Bertz CT molecular complexity index is 533. The van der Waals surface area contributed by atoms with E-state index in [1.165, 1.54) is 0 Å². The van der Waals surface area contributed by atoms with Gasteiger partial charge in [-0.25, -0.2) is 4.98 Å². The van der Waals surface area contributed by atoms with Gasteiger partial charge in [-0.1, -0.05) is 11.6 Å². The molecule has 0 saturated carbocycles. The second kappa shape index (κ2) is 3.42. The normalized spacial score (nSPS) is 10.7. The van der Waals surface area contributed by atoms with E-state index in [1.807, 2.05) is 6.92 Å². The number of hydrogen-bond acceptors (Lipinski definition) is 2. The Morgan fingerprint density at radius 1 is 1.50 bits per heavy atom. The van der Waals surface area contributed by atoms with Gasteiger partial charge >= 0.3 is 0 Å². The summed E-state index contributed by atoms with van der Waals surface area (Å²) in [6.45, 7) is 2.56. The van der Waals surface area contributed by atoms with Crippen molar-refractivity contribution in [1.29, 1.82) is 0 Å². The highest BCUT2D eigenvalue weighted by Gasteiger charge is 2.01. The molecule has 3 nitrogen and oxygen atoms in total. The highest BCUT2D eigenvalue weighted by atomic mass is 35.5. The van der Waals surface area contributed by atoms with Crippen LogP contribution in [0, 0.1) is 0 Å². The topological polar surface area (TPSA) is 34.9 Å². The molecule has 14 heavy (non-hydrogen) atoms. The molecule has 0 bridgehead atoms. The maximum Gasteiger partial charge on any atom is 0.251 e. The van der Waals surface area contributed by atoms with Crippen molar-refractivity contribution in [2.24, 2.45) is 0 Å². The van der Waals surface area contributed by atoms with Crippen molar-refractivity contribution in [2.45, 2.75) is 13.5 Å².